The highest BCUT2D eigenvalue weighted by Crippen LogP contribution is 2.16. The lowest BCUT2D eigenvalue weighted by molar-refractivity contribution is -0.384. The van der Waals surface area contributed by atoms with Crippen LogP contribution in [-0.2, 0) is 16.3 Å². The molecule has 28 heavy (non-hydrogen) atoms. The molecule has 0 saturated heterocycles. The molecule has 1 N–H and O–H groups in total. The van der Waals surface area contributed by atoms with E-state index >= 15 is 0 Å². The highest BCUT2D eigenvalue weighted by Gasteiger charge is 2.18. The second-order valence-corrected chi connectivity index (χ2v) is 7.75. The maximum atomic E-state index is 12.2. The molecular weight excluding hydrogens is 388 g/mol. The zero-order valence-corrected chi connectivity index (χ0v) is 15.1. The van der Waals surface area contributed by atoms with Gasteiger partial charge in [0.25, 0.3) is 11.6 Å². The second kappa shape index (κ2) is 7.96. The van der Waals surface area contributed by atoms with Gasteiger partial charge in [-0.2, -0.15) is 0 Å². The third-order valence-corrected chi connectivity index (χ3v) is 5.43. The molecule has 1 aromatic heterocycles. The summed E-state index contributed by atoms with van der Waals surface area (Å²) < 4.78 is 29.7. The maximum Gasteiger partial charge on any atom is 0.322 e. The fourth-order valence-electron chi connectivity index (χ4n) is 2.30. The van der Waals surface area contributed by atoms with E-state index in [-0.39, 0.29) is 40.2 Å². The number of nitrogens with one attached hydrogen (secondary N) is 1. The minimum absolute atomic E-state index is 0.0308. The summed E-state index contributed by atoms with van der Waals surface area (Å²) in [5.41, 5.74) is -0.189. The first-order valence-electron chi connectivity index (χ1n) is 8.01. The SMILES string of the molecule is O=C(Nc1nnc(CCS(=O)(=O)c2ccccc2)o1)c1cccc([N+](=O)[O-])c1. The molecule has 144 valence electrons. The fraction of sp³-hybridized carbons (Fsp3) is 0.118. The van der Waals surface area contributed by atoms with Crippen molar-refractivity contribution in [3.8, 4) is 0 Å². The number of aromatic nitrogens is 2. The molecule has 1 amide bonds. The van der Waals surface area contributed by atoms with Gasteiger partial charge in [0.2, 0.25) is 5.89 Å². The summed E-state index contributed by atoms with van der Waals surface area (Å²) in [6, 6.07) is 12.9. The van der Waals surface area contributed by atoms with Crippen LogP contribution >= 0.6 is 0 Å². The average Bonchev–Trinajstić information content (AvgIpc) is 3.14. The Morgan fingerprint density at radius 3 is 2.57 bits per heavy atom. The average molecular weight is 402 g/mol. The fourth-order valence-corrected chi connectivity index (χ4v) is 3.55. The number of carbonyl (C=O) groups excluding carboxylic acids is 1. The van der Waals surface area contributed by atoms with Crippen molar-refractivity contribution in [2.24, 2.45) is 0 Å². The number of nitrogens with zero attached hydrogens (tertiary/aromatic N) is 3. The number of benzene rings is 2. The third-order valence-electron chi connectivity index (χ3n) is 3.69. The number of hydrogen-bond donors (Lipinski definition) is 1. The zero-order valence-electron chi connectivity index (χ0n) is 14.3. The van der Waals surface area contributed by atoms with E-state index in [4.69, 9.17) is 4.42 Å². The number of sulfone groups is 1. The topological polar surface area (TPSA) is 145 Å². The van der Waals surface area contributed by atoms with Crippen LogP contribution in [0, 0.1) is 10.1 Å². The van der Waals surface area contributed by atoms with Gasteiger partial charge >= 0.3 is 6.01 Å². The van der Waals surface area contributed by atoms with Crippen molar-refractivity contribution in [3.63, 3.8) is 0 Å². The molecule has 2 aromatic carbocycles. The van der Waals surface area contributed by atoms with Gasteiger partial charge < -0.3 is 4.42 Å². The van der Waals surface area contributed by atoms with Gasteiger partial charge in [-0.3, -0.25) is 20.2 Å². The van der Waals surface area contributed by atoms with Gasteiger partial charge in [-0.15, -0.1) is 5.10 Å². The molecule has 0 bridgehead atoms. The summed E-state index contributed by atoms with van der Waals surface area (Å²) in [5.74, 6) is -0.873. The maximum absolute atomic E-state index is 12.2. The number of carbonyl (C=O) groups is 1. The first-order valence-corrected chi connectivity index (χ1v) is 9.66. The summed E-state index contributed by atoms with van der Waals surface area (Å²) in [5, 5.41) is 20.4. The number of aryl methyl sites for hydroxylation is 1. The smallest absolute Gasteiger partial charge is 0.322 e. The lowest BCUT2D eigenvalue weighted by Crippen LogP contribution is -2.12. The van der Waals surface area contributed by atoms with Crippen molar-refractivity contribution < 1.29 is 22.6 Å². The molecule has 0 atom stereocenters. The standard InChI is InChI=1S/C17H14N4O6S/c22-16(12-5-4-6-13(11-12)21(23)24)18-17-20-19-15(27-17)9-10-28(25,26)14-7-2-1-3-8-14/h1-8,11H,9-10H2,(H,18,20,22). The molecule has 11 heteroatoms. The van der Waals surface area contributed by atoms with Gasteiger partial charge in [0.15, 0.2) is 9.84 Å². The molecule has 0 unspecified atom stereocenters. The molecule has 3 rings (SSSR count). The number of nitro groups is 1. The zero-order chi connectivity index (χ0) is 20.1. The molecule has 0 aliphatic carbocycles. The number of rotatable bonds is 7. The quantitative estimate of drug-likeness (QED) is 0.468. The van der Waals surface area contributed by atoms with Gasteiger partial charge in [0.1, 0.15) is 0 Å². The van der Waals surface area contributed by atoms with Gasteiger partial charge in [0, 0.05) is 24.1 Å². The van der Waals surface area contributed by atoms with Crippen molar-refractivity contribution in [1.29, 1.82) is 0 Å². The highest BCUT2D eigenvalue weighted by atomic mass is 32.2. The minimum atomic E-state index is -3.51. The van der Waals surface area contributed by atoms with E-state index in [9.17, 15) is 23.3 Å². The molecule has 0 radical (unpaired) electrons. The molecule has 10 nitrogen and oxygen atoms in total. The lowest BCUT2D eigenvalue weighted by atomic mass is 10.2. The molecule has 0 spiro atoms. The highest BCUT2D eigenvalue weighted by molar-refractivity contribution is 7.91. The van der Waals surface area contributed by atoms with Crippen LogP contribution in [0.4, 0.5) is 11.7 Å². The summed E-state index contributed by atoms with van der Waals surface area (Å²) in [4.78, 5) is 22.5. The number of anilines is 1. The number of non-ortho nitro benzene ring substituents is 1. The molecule has 0 aliphatic heterocycles. The minimum Gasteiger partial charge on any atom is -0.408 e. The van der Waals surface area contributed by atoms with Crippen LogP contribution in [0.3, 0.4) is 0 Å². The Kier molecular flexibility index (Phi) is 5.45. The van der Waals surface area contributed by atoms with Crippen LogP contribution in [0.25, 0.3) is 0 Å². The summed E-state index contributed by atoms with van der Waals surface area (Å²) in [7, 11) is -3.51. The summed E-state index contributed by atoms with van der Waals surface area (Å²) in [6.07, 6.45) is -0.0308. The molecule has 3 aromatic rings. The van der Waals surface area contributed by atoms with E-state index in [1.54, 1.807) is 18.2 Å². The van der Waals surface area contributed by atoms with E-state index in [1.165, 1.54) is 30.3 Å². The van der Waals surface area contributed by atoms with Crippen LogP contribution in [0.2, 0.25) is 0 Å². The Hall–Kier alpha value is -3.60. The molecule has 0 fully saturated rings. The first kappa shape index (κ1) is 19.2. The van der Waals surface area contributed by atoms with Crippen LogP contribution in [0.15, 0.2) is 63.9 Å². The Balaban J connectivity index is 1.64. The van der Waals surface area contributed by atoms with Crippen molar-refractivity contribution in [2.45, 2.75) is 11.3 Å². The Morgan fingerprint density at radius 1 is 1.11 bits per heavy atom. The predicted molar refractivity (Wildman–Crippen MR) is 97.5 cm³/mol. The third kappa shape index (κ3) is 4.57. The van der Waals surface area contributed by atoms with E-state index < -0.39 is 20.7 Å². The van der Waals surface area contributed by atoms with E-state index in [2.05, 4.69) is 15.5 Å². The van der Waals surface area contributed by atoms with Gasteiger partial charge in [0.05, 0.1) is 15.6 Å². The Bertz CT molecular complexity index is 1110. The van der Waals surface area contributed by atoms with Crippen molar-refractivity contribution in [3.05, 3.63) is 76.2 Å². The van der Waals surface area contributed by atoms with Crippen molar-refractivity contribution >= 4 is 27.4 Å². The van der Waals surface area contributed by atoms with Crippen molar-refractivity contribution in [1.82, 2.24) is 10.2 Å². The molecule has 0 aliphatic rings. The monoisotopic (exact) mass is 402 g/mol. The first-order chi connectivity index (χ1) is 13.3. The predicted octanol–water partition coefficient (Wildman–Crippen LogP) is 2.25. The van der Waals surface area contributed by atoms with E-state index in [0.717, 1.165) is 6.07 Å². The van der Waals surface area contributed by atoms with Gasteiger partial charge in [-0.1, -0.05) is 29.4 Å². The number of amides is 1. The van der Waals surface area contributed by atoms with Gasteiger partial charge in [-0.05, 0) is 18.2 Å². The summed E-state index contributed by atoms with van der Waals surface area (Å²) >= 11 is 0. The summed E-state index contributed by atoms with van der Waals surface area (Å²) in [6.45, 7) is 0. The Labute approximate surface area is 159 Å². The van der Waals surface area contributed by atoms with Gasteiger partial charge in [-0.25, -0.2) is 8.42 Å². The number of hydrogen-bond acceptors (Lipinski definition) is 8. The van der Waals surface area contributed by atoms with E-state index in [0.29, 0.717) is 0 Å². The second-order valence-electron chi connectivity index (χ2n) is 5.64. The molecule has 0 saturated carbocycles. The van der Waals surface area contributed by atoms with Crippen LogP contribution in [0.5, 0.6) is 0 Å². The lowest BCUT2D eigenvalue weighted by Gasteiger charge is -2.02. The normalized spacial score (nSPS) is 11.1. The van der Waals surface area contributed by atoms with Crippen LogP contribution in [-0.4, -0.2) is 35.2 Å². The van der Waals surface area contributed by atoms with Crippen molar-refractivity contribution in [2.75, 3.05) is 11.1 Å². The molecule has 1 heterocycles. The largest absolute Gasteiger partial charge is 0.408 e. The van der Waals surface area contributed by atoms with Crippen LogP contribution < -0.4 is 5.32 Å². The van der Waals surface area contributed by atoms with Crippen LogP contribution in [0.1, 0.15) is 16.2 Å². The molecular formula is C17H14N4O6S. The van der Waals surface area contributed by atoms with E-state index in [1.807, 2.05) is 0 Å². The Morgan fingerprint density at radius 2 is 1.86 bits per heavy atom. The number of nitro benzene ring substituents is 1.